The number of nitriles is 1. The maximum Gasteiger partial charge on any atom is 0.148 e. The lowest BCUT2D eigenvalue weighted by Gasteiger charge is -2.23. The highest BCUT2D eigenvalue weighted by atomic mass is 79.9. The first kappa shape index (κ1) is 14.7. The molecule has 2 rings (SSSR count). The molecule has 20 heavy (non-hydrogen) atoms. The molecule has 5 nitrogen and oxygen atoms in total. The Balaban J connectivity index is 2.28. The number of hydrogen-bond donors (Lipinski definition) is 0. The van der Waals surface area contributed by atoms with E-state index in [1.54, 1.807) is 12.4 Å². The van der Waals surface area contributed by atoms with Gasteiger partial charge in [0.05, 0.1) is 17.0 Å². The van der Waals surface area contributed by atoms with Gasteiger partial charge < -0.3 is 4.90 Å². The van der Waals surface area contributed by atoms with Gasteiger partial charge in [-0.2, -0.15) is 5.26 Å². The first-order valence-electron chi connectivity index (χ1n) is 5.89. The van der Waals surface area contributed by atoms with Crippen LogP contribution in [-0.2, 0) is 6.54 Å². The zero-order valence-corrected chi connectivity index (χ0v) is 12.8. The van der Waals surface area contributed by atoms with Crippen molar-refractivity contribution in [2.75, 3.05) is 11.4 Å². The summed E-state index contributed by atoms with van der Waals surface area (Å²) >= 11 is 9.38. The summed E-state index contributed by atoms with van der Waals surface area (Å²) in [6.07, 6.45) is 5.32. The van der Waals surface area contributed by atoms with E-state index in [1.807, 2.05) is 17.0 Å². The molecule has 0 atom stereocenters. The van der Waals surface area contributed by atoms with Crippen LogP contribution >= 0.6 is 27.5 Å². The standard InChI is InChI=1S/C13H11BrClN5/c14-11-12(15)18-9-19-13(11)20(6-2-4-16)8-10-3-1-5-17-7-10/h1,3,5,7,9H,2,6,8H2. The molecule has 0 aliphatic carbocycles. The Kier molecular flexibility index (Phi) is 5.27. The lowest BCUT2D eigenvalue weighted by atomic mass is 10.2. The van der Waals surface area contributed by atoms with Crippen LogP contribution in [0.4, 0.5) is 5.82 Å². The first-order chi connectivity index (χ1) is 9.72. The van der Waals surface area contributed by atoms with Gasteiger partial charge in [0.15, 0.2) is 0 Å². The molecule has 0 unspecified atom stereocenters. The lowest BCUT2D eigenvalue weighted by molar-refractivity contribution is 0.775. The van der Waals surface area contributed by atoms with Gasteiger partial charge in [0.1, 0.15) is 17.3 Å². The summed E-state index contributed by atoms with van der Waals surface area (Å²) in [6.45, 7) is 1.15. The normalized spacial score (nSPS) is 10.1. The minimum absolute atomic E-state index is 0.350. The number of pyridine rings is 1. The van der Waals surface area contributed by atoms with Crippen LogP contribution in [0.25, 0.3) is 0 Å². The van der Waals surface area contributed by atoms with Gasteiger partial charge in [0, 0.05) is 25.5 Å². The Hall–Kier alpha value is -1.71. The summed E-state index contributed by atoms with van der Waals surface area (Å²) in [5.74, 6) is 0.670. The molecule has 0 amide bonds. The fourth-order valence-electron chi connectivity index (χ4n) is 1.72. The van der Waals surface area contributed by atoms with Crippen LogP contribution in [0, 0.1) is 11.3 Å². The van der Waals surface area contributed by atoms with E-state index in [1.165, 1.54) is 6.33 Å². The van der Waals surface area contributed by atoms with E-state index in [0.717, 1.165) is 5.56 Å². The second kappa shape index (κ2) is 7.17. The van der Waals surface area contributed by atoms with E-state index < -0.39 is 0 Å². The third-order valence-electron chi connectivity index (χ3n) is 2.62. The summed E-state index contributed by atoms with van der Waals surface area (Å²) in [7, 11) is 0. The molecule has 102 valence electrons. The Morgan fingerprint density at radius 3 is 2.95 bits per heavy atom. The second-order valence-electron chi connectivity index (χ2n) is 3.99. The molecule has 0 radical (unpaired) electrons. The van der Waals surface area contributed by atoms with Gasteiger partial charge in [-0.1, -0.05) is 17.7 Å². The maximum absolute atomic E-state index is 8.79. The molecule has 0 aromatic carbocycles. The van der Waals surface area contributed by atoms with E-state index in [9.17, 15) is 0 Å². The minimum Gasteiger partial charge on any atom is -0.350 e. The Morgan fingerprint density at radius 1 is 1.40 bits per heavy atom. The number of rotatable bonds is 5. The SMILES string of the molecule is N#CCCN(Cc1cccnc1)c1ncnc(Cl)c1Br. The molecule has 0 aliphatic rings. The largest absolute Gasteiger partial charge is 0.350 e. The van der Waals surface area contributed by atoms with Crippen molar-refractivity contribution in [3.63, 3.8) is 0 Å². The van der Waals surface area contributed by atoms with E-state index in [4.69, 9.17) is 16.9 Å². The third kappa shape index (κ3) is 3.65. The summed E-state index contributed by atoms with van der Waals surface area (Å²) in [5, 5.41) is 9.14. The molecule has 2 heterocycles. The van der Waals surface area contributed by atoms with Crippen LogP contribution in [0.5, 0.6) is 0 Å². The Bertz CT molecular complexity index is 614. The molecule has 0 aliphatic heterocycles. The number of nitrogens with zero attached hydrogens (tertiary/aromatic N) is 5. The van der Waals surface area contributed by atoms with Gasteiger partial charge in [-0.05, 0) is 27.6 Å². The molecule has 0 N–H and O–H groups in total. The second-order valence-corrected chi connectivity index (χ2v) is 5.14. The molecular formula is C13H11BrClN5. The Morgan fingerprint density at radius 2 is 2.25 bits per heavy atom. The van der Waals surface area contributed by atoms with Gasteiger partial charge in [-0.3, -0.25) is 4.98 Å². The van der Waals surface area contributed by atoms with Crippen molar-refractivity contribution in [2.24, 2.45) is 0 Å². The van der Waals surface area contributed by atoms with Crippen LogP contribution in [0.1, 0.15) is 12.0 Å². The summed E-state index contributed by atoms with van der Waals surface area (Å²) < 4.78 is 0.628. The van der Waals surface area contributed by atoms with Crippen LogP contribution < -0.4 is 4.90 Å². The highest BCUT2D eigenvalue weighted by molar-refractivity contribution is 9.10. The van der Waals surface area contributed by atoms with E-state index in [2.05, 4.69) is 37.0 Å². The minimum atomic E-state index is 0.350. The molecule has 0 fully saturated rings. The molecule has 2 aromatic heterocycles. The predicted molar refractivity (Wildman–Crippen MR) is 80.3 cm³/mol. The number of hydrogen-bond acceptors (Lipinski definition) is 5. The molecule has 0 spiro atoms. The number of aromatic nitrogens is 3. The maximum atomic E-state index is 8.79. The van der Waals surface area contributed by atoms with Gasteiger partial charge >= 0.3 is 0 Å². The Labute approximate surface area is 130 Å². The third-order valence-corrected chi connectivity index (χ3v) is 3.86. The monoisotopic (exact) mass is 351 g/mol. The average Bonchev–Trinajstić information content (AvgIpc) is 2.48. The van der Waals surface area contributed by atoms with Crippen molar-refractivity contribution in [3.05, 3.63) is 46.0 Å². The van der Waals surface area contributed by atoms with Crippen LogP contribution in [0.3, 0.4) is 0 Å². The summed E-state index contributed by atoms with van der Waals surface area (Å²) in [6, 6.07) is 5.99. The van der Waals surface area contributed by atoms with Crippen molar-refractivity contribution < 1.29 is 0 Å². The van der Waals surface area contributed by atoms with Gasteiger partial charge in [-0.15, -0.1) is 0 Å². The molecular weight excluding hydrogens is 342 g/mol. The van der Waals surface area contributed by atoms with E-state index >= 15 is 0 Å². The highest BCUT2D eigenvalue weighted by Gasteiger charge is 2.15. The number of anilines is 1. The van der Waals surface area contributed by atoms with Crippen molar-refractivity contribution in [3.8, 4) is 6.07 Å². The van der Waals surface area contributed by atoms with Crippen LogP contribution in [0.2, 0.25) is 5.15 Å². The fourth-order valence-corrected chi connectivity index (χ4v) is 2.30. The zero-order valence-electron chi connectivity index (χ0n) is 10.5. The predicted octanol–water partition coefficient (Wildman–Crippen LogP) is 3.21. The first-order valence-corrected chi connectivity index (χ1v) is 7.06. The van der Waals surface area contributed by atoms with Crippen molar-refractivity contribution >= 4 is 33.3 Å². The van der Waals surface area contributed by atoms with Crippen LogP contribution in [0.15, 0.2) is 35.3 Å². The van der Waals surface area contributed by atoms with Crippen molar-refractivity contribution in [1.82, 2.24) is 15.0 Å². The zero-order chi connectivity index (χ0) is 14.4. The summed E-state index contributed by atoms with van der Waals surface area (Å²) in [5.41, 5.74) is 1.03. The molecule has 2 aromatic rings. The fraction of sp³-hybridized carbons (Fsp3) is 0.231. The topological polar surface area (TPSA) is 65.7 Å². The van der Waals surface area contributed by atoms with Crippen molar-refractivity contribution in [2.45, 2.75) is 13.0 Å². The number of halogens is 2. The van der Waals surface area contributed by atoms with E-state index in [0.29, 0.717) is 35.0 Å². The highest BCUT2D eigenvalue weighted by Crippen LogP contribution is 2.30. The average molecular weight is 353 g/mol. The molecule has 0 saturated carbocycles. The molecule has 0 bridgehead atoms. The van der Waals surface area contributed by atoms with Crippen molar-refractivity contribution in [1.29, 1.82) is 5.26 Å². The van der Waals surface area contributed by atoms with E-state index in [-0.39, 0.29) is 0 Å². The molecule has 7 heteroatoms. The van der Waals surface area contributed by atoms with Gasteiger partial charge in [0.25, 0.3) is 0 Å². The summed E-state index contributed by atoms with van der Waals surface area (Å²) in [4.78, 5) is 14.2. The molecule has 0 saturated heterocycles. The smallest absolute Gasteiger partial charge is 0.148 e. The quantitative estimate of drug-likeness (QED) is 0.773. The van der Waals surface area contributed by atoms with Gasteiger partial charge in [-0.25, -0.2) is 9.97 Å². The lowest BCUT2D eigenvalue weighted by Crippen LogP contribution is -2.25. The van der Waals surface area contributed by atoms with Gasteiger partial charge in [0.2, 0.25) is 0 Å². The van der Waals surface area contributed by atoms with Crippen LogP contribution in [-0.4, -0.2) is 21.5 Å².